The molecule has 68 valence electrons. The lowest BCUT2D eigenvalue weighted by atomic mass is 10.2. The molecule has 0 aliphatic rings. The Hall–Kier alpha value is -0.990. The van der Waals surface area contributed by atoms with Crippen molar-refractivity contribution in [3.63, 3.8) is 0 Å². The Kier molecular flexibility index (Phi) is 2.02. The number of nitrogens with two attached hydrogens (primary N) is 1. The summed E-state index contributed by atoms with van der Waals surface area (Å²) in [6, 6.07) is 6.02. The van der Waals surface area contributed by atoms with E-state index in [9.17, 15) is 0 Å². The molecule has 3 heteroatoms. The lowest BCUT2D eigenvalue weighted by Gasteiger charge is -1.95. The average molecular weight is 195 g/mol. The second-order valence-corrected chi connectivity index (χ2v) is 3.61. The monoisotopic (exact) mass is 194 g/mol. The number of halogens is 1. The number of rotatable bonds is 1. The van der Waals surface area contributed by atoms with Gasteiger partial charge in [0.05, 0.1) is 5.02 Å². The number of hydrogen-bond donors (Lipinski definition) is 2. The zero-order chi connectivity index (χ0) is 9.42. The van der Waals surface area contributed by atoms with Gasteiger partial charge in [-0.3, -0.25) is 0 Å². The molecule has 0 amide bonds. The normalized spacial score (nSPS) is 11.0. The summed E-state index contributed by atoms with van der Waals surface area (Å²) in [4.78, 5) is 3.22. The molecule has 2 rings (SSSR count). The molecule has 0 bridgehead atoms. The topological polar surface area (TPSA) is 41.8 Å². The van der Waals surface area contributed by atoms with Crippen LogP contribution in [0.3, 0.4) is 0 Å². The first-order valence-corrected chi connectivity index (χ1v) is 4.56. The van der Waals surface area contributed by atoms with Gasteiger partial charge in [-0.15, -0.1) is 0 Å². The molecule has 0 aliphatic heterocycles. The van der Waals surface area contributed by atoms with Gasteiger partial charge in [0.15, 0.2) is 0 Å². The second-order valence-electron chi connectivity index (χ2n) is 3.21. The fourth-order valence-electron chi connectivity index (χ4n) is 1.50. The third-order valence-corrected chi connectivity index (χ3v) is 2.42. The number of aromatic nitrogens is 1. The predicted octanol–water partition coefficient (Wildman–Crippen LogP) is 2.59. The van der Waals surface area contributed by atoms with Crippen LogP contribution in [0.15, 0.2) is 18.2 Å². The first-order valence-electron chi connectivity index (χ1n) is 4.18. The van der Waals surface area contributed by atoms with Crippen LogP contribution in [-0.2, 0) is 6.54 Å². The predicted molar refractivity (Wildman–Crippen MR) is 55.9 cm³/mol. The largest absolute Gasteiger partial charge is 0.357 e. The molecule has 2 nitrogen and oxygen atoms in total. The molecule has 0 fully saturated rings. The van der Waals surface area contributed by atoms with Crippen molar-refractivity contribution >= 4 is 22.5 Å². The SMILES string of the molecule is Cc1cc(Cl)c2cc(CN)[nH]c2c1. The summed E-state index contributed by atoms with van der Waals surface area (Å²) >= 11 is 6.07. The molecule has 2 aromatic rings. The lowest BCUT2D eigenvalue weighted by molar-refractivity contribution is 1.02. The van der Waals surface area contributed by atoms with E-state index in [-0.39, 0.29) is 0 Å². The van der Waals surface area contributed by atoms with Crippen molar-refractivity contribution in [3.05, 3.63) is 34.5 Å². The molecule has 1 heterocycles. The van der Waals surface area contributed by atoms with Gasteiger partial charge in [0.25, 0.3) is 0 Å². The van der Waals surface area contributed by atoms with Crippen LogP contribution in [-0.4, -0.2) is 4.98 Å². The van der Waals surface area contributed by atoms with Gasteiger partial charge in [-0.2, -0.15) is 0 Å². The van der Waals surface area contributed by atoms with Crippen molar-refractivity contribution in [2.45, 2.75) is 13.5 Å². The molecule has 0 unspecified atom stereocenters. The van der Waals surface area contributed by atoms with Crippen molar-refractivity contribution in [2.24, 2.45) is 5.73 Å². The zero-order valence-corrected chi connectivity index (χ0v) is 8.15. The van der Waals surface area contributed by atoms with E-state index in [2.05, 4.69) is 11.1 Å². The summed E-state index contributed by atoms with van der Waals surface area (Å²) in [5.41, 5.74) is 8.76. The summed E-state index contributed by atoms with van der Waals surface area (Å²) in [5, 5.41) is 1.83. The Balaban J connectivity index is 2.75. The van der Waals surface area contributed by atoms with Crippen LogP contribution < -0.4 is 5.73 Å². The van der Waals surface area contributed by atoms with Crippen molar-refractivity contribution in [1.82, 2.24) is 4.98 Å². The Labute approximate surface area is 81.7 Å². The Morgan fingerprint density at radius 3 is 2.85 bits per heavy atom. The maximum atomic E-state index is 6.07. The summed E-state index contributed by atoms with van der Waals surface area (Å²) in [5.74, 6) is 0. The Morgan fingerprint density at radius 2 is 2.15 bits per heavy atom. The maximum Gasteiger partial charge on any atom is 0.0502 e. The smallest absolute Gasteiger partial charge is 0.0502 e. The van der Waals surface area contributed by atoms with Crippen molar-refractivity contribution < 1.29 is 0 Å². The molecule has 1 aromatic carbocycles. The molecule has 0 aliphatic carbocycles. The fraction of sp³-hybridized carbons (Fsp3) is 0.200. The van der Waals surface area contributed by atoms with Gasteiger partial charge >= 0.3 is 0 Å². The van der Waals surface area contributed by atoms with E-state index < -0.39 is 0 Å². The standard InChI is InChI=1S/C10H11ClN2/c1-6-2-9(11)8-4-7(5-12)13-10(8)3-6/h2-4,13H,5,12H2,1H3. The molecule has 0 spiro atoms. The molecule has 0 saturated carbocycles. The van der Waals surface area contributed by atoms with Crippen LogP contribution in [0.4, 0.5) is 0 Å². The number of benzene rings is 1. The first kappa shape index (κ1) is 8.60. The molecule has 1 aromatic heterocycles. The molecule has 0 radical (unpaired) electrons. The van der Waals surface area contributed by atoms with Crippen LogP contribution >= 0.6 is 11.6 Å². The van der Waals surface area contributed by atoms with Gasteiger partial charge < -0.3 is 10.7 Å². The molecule has 0 atom stereocenters. The van der Waals surface area contributed by atoms with Gasteiger partial charge in [-0.1, -0.05) is 11.6 Å². The fourth-order valence-corrected chi connectivity index (χ4v) is 1.83. The third-order valence-electron chi connectivity index (χ3n) is 2.11. The number of H-pyrrole nitrogens is 1. The minimum atomic E-state index is 0.518. The summed E-state index contributed by atoms with van der Waals surface area (Å²) < 4.78 is 0. The lowest BCUT2D eigenvalue weighted by Crippen LogP contribution is -1.94. The van der Waals surface area contributed by atoms with E-state index in [4.69, 9.17) is 17.3 Å². The van der Waals surface area contributed by atoms with E-state index in [1.54, 1.807) is 0 Å². The van der Waals surface area contributed by atoms with E-state index >= 15 is 0 Å². The Morgan fingerprint density at radius 1 is 1.38 bits per heavy atom. The van der Waals surface area contributed by atoms with E-state index in [0.29, 0.717) is 6.54 Å². The van der Waals surface area contributed by atoms with Gasteiger partial charge in [0.2, 0.25) is 0 Å². The first-order chi connectivity index (χ1) is 6.20. The summed E-state index contributed by atoms with van der Waals surface area (Å²) in [7, 11) is 0. The van der Waals surface area contributed by atoms with E-state index in [1.807, 2.05) is 19.1 Å². The quantitative estimate of drug-likeness (QED) is 0.720. The van der Waals surface area contributed by atoms with Crippen LogP contribution in [0.1, 0.15) is 11.3 Å². The van der Waals surface area contributed by atoms with E-state index in [0.717, 1.165) is 27.2 Å². The molecule has 13 heavy (non-hydrogen) atoms. The highest BCUT2D eigenvalue weighted by Crippen LogP contribution is 2.25. The maximum absolute atomic E-state index is 6.07. The van der Waals surface area contributed by atoms with Crippen LogP contribution in [0.25, 0.3) is 10.9 Å². The minimum Gasteiger partial charge on any atom is -0.357 e. The number of nitrogens with one attached hydrogen (secondary N) is 1. The van der Waals surface area contributed by atoms with Crippen molar-refractivity contribution in [3.8, 4) is 0 Å². The second kappa shape index (κ2) is 3.05. The van der Waals surface area contributed by atoms with Crippen LogP contribution in [0, 0.1) is 6.92 Å². The molecule has 0 saturated heterocycles. The zero-order valence-electron chi connectivity index (χ0n) is 7.39. The van der Waals surface area contributed by atoms with Gasteiger partial charge in [-0.25, -0.2) is 0 Å². The summed E-state index contributed by atoms with van der Waals surface area (Å²) in [6.45, 7) is 2.54. The highest BCUT2D eigenvalue weighted by Gasteiger charge is 2.03. The highest BCUT2D eigenvalue weighted by atomic mass is 35.5. The van der Waals surface area contributed by atoms with Gasteiger partial charge in [-0.05, 0) is 30.7 Å². The highest BCUT2D eigenvalue weighted by molar-refractivity contribution is 6.35. The van der Waals surface area contributed by atoms with Gasteiger partial charge in [0, 0.05) is 23.1 Å². The van der Waals surface area contributed by atoms with Crippen LogP contribution in [0.5, 0.6) is 0 Å². The van der Waals surface area contributed by atoms with Crippen LogP contribution in [0.2, 0.25) is 5.02 Å². The number of fused-ring (bicyclic) bond motifs is 1. The average Bonchev–Trinajstić information content (AvgIpc) is 2.47. The van der Waals surface area contributed by atoms with E-state index in [1.165, 1.54) is 0 Å². The molecular formula is C10H11ClN2. The minimum absolute atomic E-state index is 0.518. The number of aryl methyl sites for hydroxylation is 1. The molecule has 3 N–H and O–H groups in total. The Bertz CT molecular complexity index is 445. The van der Waals surface area contributed by atoms with Crippen molar-refractivity contribution in [2.75, 3.05) is 0 Å². The number of hydrogen-bond acceptors (Lipinski definition) is 1. The van der Waals surface area contributed by atoms with Crippen molar-refractivity contribution in [1.29, 1.82) is 0 Å². The third kappa shape index (κ3) is 1.43. The number of aromatic amines is 1. The van der Waals surface area contributed by atoms with Gasteiger partial charge in [0.1, 0.15) is 0 Å². The summed E-state index contributed by atoms with van der Waals surface area (Å²) in [6.07, 6.45) is 0. The molecular weight excluding hydrogens is 184 g/mol.